The Kier molecular flexibility index (Phi) is 4.34. The molecule has 0 atom stereocenters. The summed E-state index contributed by atoms with van der Waals surface area (Å²) in [6.07, 6.45) is 6.41. The van der Waals surface area contributed by atoms with Gasteiger partial charge in [0.15, 0.2) is 0 Å². The van der Waals surface area contributed by atoms with E-state index < -0.39 is 0 Å². The van der Waals surface area contributed by atoms with Gasteiger partial charge in [-0.25, -0.2) is 9.97 Å². The molecule has 1 aliphatic heterocycles. The summed E-state index contributed by atoms with van der Waals surface area (Å²) in [5.74, 6) is 1.90. The Bertz CT molecular complexity index is 597. The molecule has 1 aromatic heterocycles. The lowest BCUT2D eigenvalue weighted by atomic mass is 10.2. The van der Waals surface area contributed by atoms with E-state index >= 15 is 0 Å². The summed E-state index contributed by atoms with van der Waals surface area (Å²) < 4.78 is 0. The van der Waals surface area contributed by atoms with E-state index in [2.05, 4.69) is 51.4 Å². The molecular formula is C17H22N4. The summed E-state index contributed by atoms with van der Waals surface area (Å²) in [6.45, 7) is 4.18. The summed E-state index contributed by atoms with van der Waals surface area (Å²) >= 11 is 0. The monoisotopic (exact) mass is 282 g/mol. The lowest BCUT2D eigenvalue weighted by Crippen LogP contribution is -2.15. The van der Waals surface area contributed by atoms with Crippen molar-refractivity contribution in [2.45, 2.75) is 32.6 Å². The van der Waals surface area contributed by atoms with E-state index in [-0.39, 0.29) is 0 Å². The van der Waals surface area contributed by atoms with E-state index in [9.17, 15) is 0 Å². The van der Waals surface area contributed by atoms with Crippen LogP contribution in [-0.4, -0.2) is 23.1 Å². The maximum atomic E-state index is 4.44. The van der Waals surface area contributed by atoms with Crippen molar-refractivity contribution in [3.63, 3.8) is 0 Å². The van der Waals surface area contributed by atoms with Crippen LogP contribution in [0.3, 0.4) is 0 Å². The van der Waals surface area contributed by atoms with Crippen LogP contribution >= 0.6 is 0 Å². The Balaban J connectivity index is 1.72. The molecule has 1 aliphatic rings. The maximum Gasteiger partial charge on any atom is 0.138 e. The molecule has 0 spiro atoms. The third-order valence-electron chi connectivity index (χ3n) is 3.90. The molecule has 1 N–H and O–H groups in total. The van der Waals surface area contributed by atoms with E-state index in [4.69, 9.17) is 0 Å². The lowest BCUT2D eigenvalue weighted by molar-refractivity contribution is 0.742. The second-order valence-electron chi connectivity index (χ2n) is 5.43. The zero-order chi connectivity index (χ0) is 14.5. The fraction of sp³-hybridized carbons (Fsp3) is 0.412. The first kappa shape index (κ1) is 13.9. The largest absolute Gasteiger partial charge is 0.370 e. The van der Waals surface area contributed by atoms with Crippen molar-refractivity contribution < 1.29 is 0 Å². The number of hydrogen-bond donors (Lipinski definition) is 1. The van der Waals surface area contributed by atoms with E-state index in [0.29, 0.717) is 0 Å². The highest BCUT2D eigenvalue weighted by atomic mass is 15.2. The van der Waals surface area contributed by atoms with Gasteiger partial charge in [-0.15, -0.1) is 0 Å². The highest BCUT2D eigenvalue weighted by Gasteiger charge is 2.20. The molecular weight excluding hydrogens is 260 g/mol. The van der Waals surface area contributed by atoms with Crippen molar-refractivity contribution in [3.8, 4) is 0 Å². The standard InChI is InChI=1S/C17H22N4/c1-2-3-6-10-18-16-12-17(20-13-19-16)21-11-9-14-7-4-5-8-15(14)21/h4-5,7-8,12-13H,2-3,6,9-11H2,1H3,(H,18,19,20). The van der Waals surface area contributed by atoms with Gasteiger partial charge in [-0.3, -0.25) is 0 Å². The summed E-state index contributed by atoms with van der Waals surface area (Å²) in [6, 6.07) is 10.6. The average Bonchev–Trinajstić information content (AvgIpc) is 2.96. The Morgan fingerprint density at radius 2 is 2.10 bits per heavy atom. The molecule has 2 aromatic rings. The number of benzene rings is 1. The van der Waals surface area contributed by atoms with Gasteiger partial charge in [-0.05, 0) is 24.5 Å². The smallest absolute Gasteiger partial charge is 0.138 e. The molecule has 0 saturated carbocycles. The minimum Gasteiger partial charge on any atom is -0.370 e. The van der Waals surface area contributed by atoms with E-state index in [1.165, 1.54) is 30.5 Å². The van der Waals surface area contributed by atoms with Crippen molar-refractivity contribution in [1.29, 1.82) is 0 Å². The quantitative estimate of drug-likeness (QED) is 0.819. The second-order valence-corrected chi connectivity index (χ2v) is 5.43. The number of unbranched alkanes of at least 4 members (excludes halogenated alkanes) is 2. The number of nitrogens with zero attached hydrogens (tertiary/aromatic N) is 3. The highest BCUT2D eigenvalue weighted by Crippen LogP contribution is 2.33. The SMILES string of the molecule is CCCCCNc1cc(N2CCc3ccccc32)ncn1. The zero-order valence-electron chi connectivity index (χ0n) is 12.5. The first-order valence-corrected chi connectivity index (χ1v) is 7.80. The molecule has 0 amide bonds. The van der Waals surface area contributed by atoms with E-state index in [1.807, 2.05) is 6.07 Å². The maximum absolute atomic E-state index is 4.44. The Hall–Kier alpha value is -2.10. The van der Waals surface area contributed by atoms with Gasteiger partial charge in [0.25, 0.3) is 0 Å². The third-order valence-corrected chi connectivity index (χ3v) is 3.90. The predicted molar refractivity (Wildman–Crippen MR) is 87.2 cm³/mol. The molecule has 0 radical (unpaired) electrons. The number of hydrogen-bond acceptors (Lipinski definition) is 4. The molecule has 2 heterocycles. The van der Waals surface area contributed by atoms with Crippen molar-refractivity contribution >= 4 is 17.3 Å². The third kappa shape index (κ3) is 3.15. The molecule has 110 valence electrons. The van der Waals surface area contributed by atoms with Crippen molar-refractivity contribution in [2.24, 2.45) is 0 Å². The fourth-order valence-corrected chi connectivity index (χ4v) is 2.76. The number of para-hydroxylation sites is 1. The molecule has 0 unspecified atom stereocenters. The van der Waals surface area contributed by atoms with Gasteiger partial charge in [0.1, 0.15) is 18.0 Å². The van der Waals surface area contributed by atoms with Gasteiger partial charge in [0.05, 0.1) is 0 Å². The van der Waals surface area contributed by atoms with Crippen molar-refractivity contribution in [2.75, 3.05) is 23.3 Å². The van der Waals surface area contributed by atoms with E-state index in [0.717, 1.165) is 31.1 Å². The van der Waals surface area contributed by atoms with E-state index in [1.54, 1.807) is 6.33 Å². The van der Waals surface area contributed by atoms with Gasteiger partial charge >= 0.3 is 0 Å². The van der Waals surface area contributed by atoms with Crippen LogP contribution in [0.15, 0.2) is 36.7 Å². The number of rotatable bonds is 6. The predicted octanol–water partition coefficient (Wildman–Crippen LogP) is 3.77. The van der Waals surface area contributed by atoms with Crippen LogP contribution in [0.5, 0.6) is 0 Å². The summed E-state index contributed by atoms with van der Waals surface area (Å²) in [7, 11) is 0. The van der Waals surface area contributed by atoms with Crippen LogP contribution in [-0.2, 0) is 6.42 Å². The van der Waals surface area contributed by atoms with Crippen LogP contribution < -0.4 is 10.2 Å². The molecule has 0 aliphatic carbocycles. The summed E-state index contributed by atoms with van der Waals surface area (Å²) in [5, 5.41) is 3.39. The highest BCUT2D eigenvalue weighted by molar-refractivity contribution is 5.68. The van der Waals surface area contributed by atoms with Crippen LogP contribution in [0.25, 0.3) is 0 Å². The first-order chi connectivity index (χ1) is 10.4. The van der Waals surface area contributed by atoms with Gasteiger partial charge in [-0.1, -0.05) is 38.0 Å². The minimum absolute atomic E-state index is 0.917. The summed E-state index contributed by atoms with van der Waals surface area (Å²) in [5.41, 5.74) is 2.67. The molecule has 0 bridgehead atoms. The number of nitrogens with one attached hydrogen (secondary N) is 1. The lowest BCUT2D eigenvalue weighted by Gasteiger charge is -2.18. The molecule has 4 nitrogen and oxygen atoms in total. The van der Waals surface area contributed by atoms with Gasteiger partial charge in [0, 0.05) is 24.8 Å². The Labute approximate surface area is 126 Å². The fourth-order valence-electron chi connectivity index (χ4n) is 2.76. The molecule has 0 saturated heterocycles. The minimum atomic E-state index is 0.917. The number of fused-ring (bicyclic) bond motifs is 1. The topological polar surface area (TPSA) is 41.0 Å². The van der Waals surface area contributed by atoms with Gasteiger partial charge in [0.2, 0.25) is 0 Å². The Morgan fingerprint density at radius 3 is 3.00 bits per heavy atom. The normalized spacial score (nSPS) is 13.3. The van der Waals surface area contributed by atoms with Gasteiger partial charge in [-0.2, -0.15) is 0 Å². The van der Waals surface area contributed by atoms with Crippen LogP contribution in [0.2, 0.25) is 0 Å². The first-order valence-electron chi connectivity index (χ1n) is 7.80. The average molecular weight is 282 g/mol. The second kappa shape index (κ2) is 6.57. The van der Waals surface area contributed by atoms with Crippen molar-refractivity contribution in [1.82, 2.24) is 9.97 Å². The van der Waals surface area contributed by atoms with Gasteiger partial charge < -0.3 is 10.2 Å². The molecule has 3 rings (SSSR count). The van der Waals surface area contributed by atoms with Crippen LogP contribution in [0.4, 0.5) is 17.3 Å². The zero-order valence-corrected chi connectivity index (χ0v) is 12.5. The number of anilines is 3. The molecule has 0 fully saturated rings. The number of aromatic nitrogens is 2. The van der Waals surface area contributed by atoms with Crippen molar-refractivity contribution in [3.05, 3.63) is 42.2 Å². The molecule has 4 heteroatoms. The molecule has 21 heavy (non-hydrogen) atoms. The van der Waals surface area contributed by atoms with Crippen LogP contribution in [0.1, 0.15) is 31.7 Å². The van der Waals surface area contributed by atoms with Crippen LogP contribution in [0, 0.1) is 0 Å². The summed E-state index contributed by atoms with van der Waals surface area (Å²) in [4.78, 5) is 11.0. The Morgan fingerprint density at radius 1 is 1.19 bits per heavy atom. The molecule has 1 aromatic carbocycles.